The third kappa shape index (κ3) is 7.19. The Balaban J connectivity index is 4.46. The van der Waals surface area contributed by atoms with Crippen molar-refractivity contribution in [1.82, 2.24) is 4.90 Å². The fraction of sp³-hybridized carbons (Fsp3) is 1.00. The molecule has 0 aliphatic rings. The van der Waals surface area contributed by atoms with Crippen LogP contribution in [0, 0.1) is 0 Å². The Morgan fingerprint density at radius 2 is 1.81 bits per heavy atom. The van der Waals surface area contributed by atoms with Crippen LogP contribution in [0.3, 0.4) is 0 Å². The first kappa shape index (κ1) is 15.9. The van der Waals surface area contributed by atoms with Gasteiger partial charge in [-0.3, -0.25) is 4.90 Å². The van der Waals surface area contributed by atoms with E-state index >= 15 is 0 Å². The molecule has 0 aliphatic heterocycles. The molecular weight excluding hydrogens is 226 g/mol. The Kier molecular flexibility index (Phi) is 5.93. The summed E-state index contributed by atoms with van der Waals surface area (Å²) in [5.74, 6) is 0.140. The van der Waals surface area contributed by atoms with Crippen LogP contribution in [-0.4, -0.2) is 55.2 Å². The molecule has 1 atom stereocenters. The van der Waals surface area contributed by atoms with Crippen LogP contribution in [0.2, 0.25) is 0 Å². The molecule has 0 aromatic heterocycles. The van der Waals surface area contributed by atoms with Crippen molar-refractivity contribution in [2.24, 2.45) is 0 Å². The Morgan fingerprint density at radius 1 is 1.31 bits per heavy atom. The Bertz CT molecular complexity index is 293. The number of hydrogen-bond acceptors (Lipinski definition) is 4. The predicted octanol–water partition coefficient (Wildman–Crippen LogP) is 0.902. The highest BCUT2D eigenvalue weighted by Crippen LogP contribution is 2.14. The van der Waals surface area contributed by atoms with E-state index in [1.165, 1.54) is 6.26 Å². The smallest absolute Gasteiger partial charge is 0.148 e. The van der Waals surface area contributed by atoms with E-state index in [1.807, 2.05) is 32.6 Å². The van der Waals surface area contributed by atoms with Crippen molar-refractivity contribution >= 4 is 9.84 Å². The molecule has 98 valence electrons. The molecule has 16 heavy (non-hydrogen) atoms. The normalized spacial score (nSPS) is 15.4. The second-order valence-corrected chi connectivity index (χ2v) is 7.57. The van der Waals surface area contributed by atoms with Crippen LogP contribution in [0.25, 0.3) is 0 Å². The van der Waals surface area contributed by atoms with Gasteiger partial charge in [0.25, 0.3) is 0 Å². The summed E-state index contributed by atoms with van der Waals surface area (Å²) < 4.78 is 22.3. The molecule has 0 aromatic carbocycles. The highest BCUT2D eigenvalue weighted by atomic mass is 32.2. The molecule has 0 rings (SSSR count). The van der Waals surface area contributed by atoms with E-state index in [2.05, 4.69) is 0 Å². The summed E-state index contributed by atoms with van der Waals surface area (Å²) in [5, 5.41) is 9.63. The largest absolute Gasteiger partial charge is 0.392 e. The van der Waals surface area contributed by atoms with Gasteiger partial charge in [-0.1, -0.05) is 6.92 Å². The summed E-state index contributed by atoms with van der Waals surface area (Å²) in [6, 6.07) is 0. The number of β-amino-alcohol motifs (C(OH)–C–C–N with tert-alkyl or cyclic N) is 1. The Morgan fingerprint density at radius 3 is 2.12 bits per heavy atom. The lowest BCUT2D eigenvalue weighted by Crippen LogP contribution is -2.47. The van der Waals surface area contributed by atoms with Gasteiger partial charge in [0.15, 0.2) is 0 Å². The maximum Gasteiger partial charge on any atom is 0.148 e. The lowest BCUT2D eigenvalue weighted by atomic mass is 10.1. The third-order valence-corrected chi connectivity index (χ3v) is 3.51. The average Bonchev–Trinajstić information content (AvgIpc) is 2.08. The lowest BCUT2D eigenvalue weighted by molar-refractivity contribution is 0.0616. The lowest BCUT2D eigenvalue weighted by Gasteiger charge is -2.36. The van der Waals surface area contributed by atoms with Crippen molar-refractivity contribution in [2.45, 2.75) is 45.8 Å². The Labute approximate surface area is 99.6 Å². The van der Waals surface area contributed by atoms with Gasteiger partial charge in [0.2, 0.25) is 0 Å². The Hall–Kier alpha value is -0.130. The molecule has 0 radical (unpaired) electrons. The molecule has 0 amide bonds. The van der Waals surface area contributed by atoms with Crippen molar-refractivity contribution in [3.8, 4) is 0 Å². The van der Waals surface area contributed by atoms with Gasteiger partial charge in [0.05, 0.1) is 11.9 Å². The molecule has 0 saturated carbocycles. The van der Waals surface area contributed by atoms with E-state index < -0.39 is 15.9 Å². The summed E-state index contributed by atoms with van der Waals surface area (Å²) in [7, 11) is -2.95. The SMILES string of the molecule is CC[C@@H](O)CN(CCS(C)(=O)=O)C(C)(C)C. The third-order valence-electron chi connectivity index (χ3n) is 2.58. The monoisotopic (exact) mass is 251 g/mol. The molecule has 4 nitrogen and oxygen atoms in total. The van der Waals surface area contributed by atoms with Crippen LogP contribution < -0.4 is 0 Å². The molecule has 0 fully saturated rings. The minimum absolute atomic E-state index is 0.124. The summed E-state index contributed by atoms with van der Waals surface area (Å²) in [6.07, 6.45) is 1.54. The standard InChI is InChI=1S/C11H25NO3S/c1-6-10(13)9-12(11(2,3)4)7-8-16(5,14)15/h10,13H,6-9H2,1-5H3/t10-/m1/s1. The quantitative estimate of drug-likeness (QED) is 0.762. The van der Waals surface area contributed by atoms with E-state index in [-0.39, 0.29) is 11.3 Å². The molecule has 5 heteroatoms. The molecule has 0 bridgehead atoms. The number of rotatable bonds is 6. The summed E-state index contributed by atoms with van der Waals surface area (Å²) in [4.78, 5) is 2.02. The molecule has 0 aromatic rings. The van der Waals surface area contributed by atoms with Crippen LogP contribution in [0.4, 0.5) is 0 Å². The first-order valence-corrected chi connectivity index (χ1v) is 7.73. The fourth-order valence-corrected chi connectivity index (χ4v) is 1.91. The van der Waals surface area contributed by atoms with E-state index in [4.69, 9.17) is 0 Å². The van der Waals surface area contributed by atoms with Gasteiger partial charge in [-0.25, -0.2) is 8.42 Å². The molecule has 0 saturated heterocycles. The van der Waals surface area contributed by atoms with Crippen LogP contribution in [0.15, 0.2) is 0 Å². The summed E-state index contributed by atoms with van der Waals surface area (Å²) >= 11 is 0. The number of aliphatic hydroxyl groups is 1. The number of aliphatic hydroxyl groups excluding tert-OH is 1. The maximum atomic E-state index is 11.1. The molecule has 0 spiro atoms. The fourth-order valence-electron chi connectivity index (χ4n) is 1.36. The van der Waals surface area contributed by atoms with Crippen molar-refractivity contribution in [3.63, 3.8) is 0 Å². The highest BCUT2D eigenvalue weighted by molar-refractivity contribution is 7.90. The number of sulfone groups is 1. The molecule has 1 N–H and O–H groups in total. The molecule has 0 aliphatic carbocycles. The molecule has 0 heterocycles. The van der Waals surface area contributed by atoms with Crippen LogP contribution in [0.1, 0.15) is 34.1 Å². The van der Waals surface area contributed by atoms with Crippen molar-refractivity contribution < 1.29 is 13.5 Å². The summed E-state index contributed by atoms with van der Waals surface area (Å²) in [5.41, 5.74) is -0.124. The van der Waals surface area contributed by atoms with Gasteiger partial charge >= 0.3 is 0 Å². The second kappa shape index (κ2) is 5.98. The van der Waals surface area contributed by atoms with E-state index in [1.54, 1.807) is 0 Å². The van der Waals surface area contributed by atoms with Crippen molar-refractivity contribution in [3.05, 3.63) is 0 Å². The predicted molar refractivity (Wildman–Crippen MR) is 67.3 cm³/mol. The molecular formula is C11H25NO3S. The zero-order chi connectivity index (χ0) is 13.0. The molecule has 0 unspecified atom stereocenters. The van der Waals surface area contributed by atoms with E-state index in [9.17, 15) is 13.5 Å². The van der Waals surface area contributed by atoms with E-state index in [0.29, 0.717) is 19.5 Å². The van der Waals surface area contributed by atoms with Gasteiger partial charge < -0.3 is 5.11 Å². The number of nitrogens with zero attached hydrogens (tertiary/aromatic N) is 1. The van der Waals surface area contributed by atoms with Gasteiger partial charge in [0, 0.05) is 24.9 Å². The van der Waals surface area contributed by atoms with Crippen LogP contribution in [0.5, 0.6) is 0 Å². The van der Waals surface area contributed by atoms with Crippen LogP contribution >= 0.6 is 0 Å². The van der Waals surface area contributed by atoms with Crippen LogP contribution in [-0.2, 0) is 9.84 Å². The topological polar surface area (TPSA) is 57.6 Å². The average molecular weight is 251 g/mol. The first-order valence-electron chi connectivity index (χ1n) is 5.67. The zero-order valence-corrected chi connectivity index (χ0v) is 11.8. The van der Waals surface area contributed by atoms with E-state index in [0.717, 1.165) is 0 Å². The van der Waals surface area contributed by atoms with Gasteiger partial charge in [-0.2, -0.15) is 0 Å². The minimum Gasteiger partial charge on any atom is -0.392 e. The number of hydrogen-bond donors (Lipinski definition) is 1. The zero-order valence-electron chi connectivity index (χ0n) is 11.0. The first-order chi connectivity index (χ1) is 7.06. The van der Waals surface area contributed by atoms with Crippen molar-refractivity contribution in [1.29, 1.82) is 0 Å². The minimum atomic E-state index is -2.95. The van der Waals surface area contributed by atoms with Gasteiger partial charge in [0.1, 0.15) is 9.84 Å². The maximum absolute atomic E-state index is 11.1. The van der Waals surface area contributed by atoms with Gasteiger partial charge in [-0.15, -0.1) is 0 Å². The summed E-state index contributed by atoms with van der Waals surface area (Å²) in [6.45, 7) is 8.99. The van der Waals surface area contributed by atoms with Gasteiger partial charge in [-0.05, 0) is 27.2 Å². The highest BCUT2D eigenvalue weighted by Gasteiger charge is 2.23. The van der Waals surface area contributed by atoms with Crippen molar-refractivity contribution in [2.75, 3.05) is 25.1 Å². The second-order valence-electron chi connectivity index (χ2n) is 5.31.